The number of nitrogens with two attached hydrogens (primary N) is 1. The van der Waals surface area contributed by atoms with Crippen molar-refractivity contribution in [2.24, 2.45) is 11.8 Å². The molecule has 1 aromatic heterocycles. The molecule has 0 aliphatic carbocycles. The molecule has 5 heteroatoms. The summed E-state index contributed by atoms with van der Waals surface area (Å²) < 4.78 is 0. The summed E-state index contributed by atoms with van der Waals surface area (Å²) in [5.74, 6) is 1.68. The Morgan fingerprint density at radius 3 is 2.81 bits per heavy atom. The monoisotopic (exact) mass is 261 g/mol. The van der Waals surface area contributed by atoms with Gasteiger partial charge in [0.2, 0.25) is 0 Å². The molecule has 1 saturated heterocycles. The topological polar surface area (TPSA) is 42.2 Å². The Morgan fingerprint density at radius 2 is 2.25 bits per heavy atom. The van der Waals surface area contributed by atoms with Crippen LogP contribution in [0.3, 0.4) is 0 Å². The molecular formula is C11H20ClN3S. The maximum Gasteiger partial charge on any atom is 0.180 e. The molecule has 1 aromatic rings. The summed E-state index contributed by atoms with van der Waals surface area (Å²) in [4.78, 5) is 7.88. The van der Waals surface area contributed by atoms with E-state index in [0.717, 1.165) is 18.4 Å². The minimum atomic E-state index is 0. The predicted octanol–water partition coefficient (Wildman–Crippen LogP) is 2.63. The smallest absolute Gasteiger partial charge is 0.180 e. The third-order valence-corrected chi connectivity index (χ3v) is 4.18. The van der Waals surface area contributed by atoms with E-state index in [0.29, 0.717) is 5.13 Å². The molecule has 1 fully saturated rings. The molecule has 2 heterocycles. The molecule has 3 nitrogen and oxygen atoms in total. The maximum atomic E-state index is 5.62. The zero-order chi connectivity index (χ0) is 10.8. The SMILES string of the molecule is CC1CCN(Cc2cnc(N)s2)CC1C.Cl. The number of halogens is 1. The van der Waals surface area contributed by atoms with Crippen molar-refractivity contribution in [1.29, 1.82) is 0 Å². The summed E-state index contributed by atoms with van der Waals surface area (Å²) in [5.41, 5.74) is 5.62. The number of hydrogen-bond acceptors (Lipinski definition) is 4. The largest absolute Gasteiger partial charge is 0.375 e. The van der Waals surface area contributed by atoms with E-state index in [9.17, 15) is 0 Å². The number of piperidine rings is 1. The second-order valence-corrected chi connectivity index (χ2v) is 5.79. The first-order valence-corrected chi connectivity index (χ1v) is 6.39. The number of hydrogen-bond donors (Lipinski definition) is 1. The third-order valence-electron chi connectivity index (χ3n) is 3.37. The van der Waals surface area contributed by atoms with E-state index in [2.05, 4.69) is 23.7 Å². The van der Waals surface area contributed by atoms with Crippen LogP contribution in [0.25, 0.3) is 0 Å². The van der Waals surface area contributed by atoms with Crippen molar-refractivity contribution in [2.75, 3.05) is 18.8 Å². The van der Waals surface area contributed by atoms with Gasteiger partial charge in [0.1, 0.15) is 0 Å². The Balaban J connectivity index is 0.00000128. The average molecular weight is 262 g/mol. The molecule has 16 heavy (non-hydrogen) atoms. The Hall–Kier alpha value is -0.320. The number of likely N-dealkylation sites (tertiary alicyclic amines) is 1. The Labute approximate surface area is 107 Å². The fourth-order valence-corrected chi connectivity index (χ4v) is 2.84. The number of aromatic nitrogens is 1. The second-order valence-electron chi connectivity index (χ2n) is 4.64. The lowest BCUT2D eigenvalue weighted by atomic mass is 9.89. The fourth-order valence-electron chi connectivity index (χ4n) is 2.11. The predicted molar refractivity (Wildman–Crippen MR) is 72.0 cm³/mol. The van der Waals surface area contributed by atoms with Crippen LogP contribution in [0.2, 0.25) is 0 Å². The van der Waals surface area contributed by atoms with E-state index in [1.807, 2.05) is 6.20 Å². The van der Waals surface area contributed by atoms with E-state index in [4.69, 9.17) is 5.73 Å². The summed E-state index contributed by atoms with van der Waals surface area (Å²) in [6.07, 6.45) is 3.22. The first kappa shape index (κ1) is 13.7. The first-order chi connectivity index (χ1) is 7.15. The average Bonchev–Trinajstić information content (AvgIpc) is 2.58. The molecule has 0 amide bonds. The molecule has 0 aromatic carbocycles. The quantitative estimate of drug-likeness (QED) is 0.890. The summed E-state index contributed by atoms with van der Waals surface area (Å²) in [5, 5.41) is 0.684. The molecule has 1 aliphatic heterocycles. The maximum absolute atomic E-state index is 5.62. The molecule has 92 valence electrons. The summed E-state index contributed by atoms with van der Waals surface area (Å²) in [7, 11) is 0. The highest BCUT2D eigenvalue weighted by molar-refractivity contribution is 7.15. The van der Waals surface area contributed by atoms with Crippen molar-refractivity contribution < 1.29 is 0 Å². The van der Waals surface area contributed by atoms with Crippen molar-refractivity contribution in [2.45, 2.75) is 26.8 Å². The highest BCUT2D eigenvalue weighted by Gasteiger charge is 2.22. The van der Waals surface area contributed by atoms with E-state index < -0.39 is 0 Å². The summed E-state index contributed by atoms with van der Waals surface area (Å²) in [6, 6.07) is 0. The van der Waals surface area contributed by atoms with Crippen LogP contribution in [0.4, 0.5) is 5.13 Å². The molecule has 2 unspecified atom stereocenters. The Bertz CT molecular complexity index is 329. The molecule has 0 radical (unpaired) electrons. The van der Waals surface area contributed by atoms with Crippen LogP contribution in [0.5, 0.6) is 0 Å². The number of rotatable bonds is 2. The molecule has 0 spiro atoms. The third kappa shape index (κ3) is 3.34. The number of nitrogens with zero attached hydrogens (tertiary/aromatic N) is 2. The number of thiazole rings is 1. The van der Waals surface area contributed by atoms with Crippen molar-refractivity contribution >= 4 is 28.9 Å². The molecule has 1 aliphatic rings. The molecule has 2 atom stereocenters. The van der Waals surface area contributed by atoms with Crippen molar-refractivity contribution in [3.8, 4) is 0 Å². The lowest BCUT2D eigenvalue weighted by molar-refractivity contribution is 0.133. The summed E-state index contributed by atoms with van der Waals surface area (Å²) >= 11 is 1.61. The van der Waals surface area contributed by atoms with Crippen LogP contribution in [0, 0.1) is 11.8 Å². The van der Waals surface area contributed by atoms with Crippen LogP contribution in [-0.2, 0) is 6.54 Å². The Kier molecular flexibility index (Phi) is 5.02. The second kappa shape index (κ2) is 5.84. The van der Waals surface area contributed by atoms with Gasteiger partial charge in [-0.3, -0.25) is 4.90 Å². The van der Waals surface area contributed by atoms with Gasteiger partial charge in [0.15, 0.2) is 5.13 Å². The van der Waals surface area contributed by atoms with Gasteiger partial charge in [-0.15, -0.1) is 23.7 Å². The van der Waals surface area contributed by atoms with Crippen LogP contribution >= 0.6 is 23.7 Å². The molecule has 2 rings (SSSR count). The minimum Gasteiger partial charge on any atom is -0.375 e. The highest BCUT2D eigenvalue weighted by atomic mass is 35.5. The van der Waals surface area contributed by atoms with Crippen LogP contribution in [-0.4, -0.2) is 23.0 Å². The lowest BCUT2D eigenvalue weighted by Crippen LogP contribution is -2.37. The first-order valence-electron chi connectivity index (χ1n) is 5.57. The number of anilines is 1. The van der Waals surface area contributed by atoms with Crippen LogP contribution in [0.15, 0.2) is 6.20 Å². The van der Waals surface area contributed by atoms with Crippen molar-refractivity contribution in [3.05, 3.63) is 11.1 Å². The van der Waals surface area contributed by atoms with E-state index in [1.54, 1.807) is 11.3 Å². The molecular weight excluding hydrogens is 242 g/mol. The minimum absolute atomic E-state index is 0. The number of nitrogen functional groups attached to an aromatic ring is 1. The molecule has 0 saturated carbocycles. The van der Waals surface area contributed by atoms with E-state index >= 15 is 0 Å². The van der Waals surface area contributed by atoms with Gasteiger partial charge in [0.25, 0.3) is 0 Å². The van der Waals surface area contributed by atoms with Gasteiger partial charge in [0.05, 0.1) is 0 Å². The normalized spacial score (nSPS) is 26.4. The lowest BCUT2D eigenvalue weighted by Gasteiger charge is -2.34. The molecule has 2 N–H and O–H groups in total. The van der Waals surface area contributed by atoms with Gasteiger partial charge in [-0.25, -0.2) is 4.98 Å². The fraction of sp³-hybridized carbons (Fsp3) is 0.727. The van der Waals surface area contributed by atoms with E-state index in [-0.39, 0.29) is 12.4 Å². The zero-order valence-electron chi connectivity index (χ0n) is 9.85. The zero-order valence-corrected chi connectivity index (χ0v) is 11.5. The highest BCUT2D eigenvalue weighted by Crippen LogP contribution is 2.25. The van der Waals surface area contributed by atoms with Gasteiger partial charge in [0, 0.05) is 24.2 Å². The van der Waals surface area contributed by atoms with Crippen molar-refractivity contribution in [3.63, 3.8) is 0 Å². The van der Waals surface area contributed by atoms with Gasteiger partial charge < -0.3 is 5.73 Å². The van der Waals surface area contributed by atoms with Gasteiger partial charge in [-0.2, -0.15) is 0 Å². The van der Waals surface area contributed by atoms with Crippen LogP contribution in [0.1, 0.15) is 25.1 Å². The van der Waals surface area contributed by atoms with Gasteiger partial charge in [-0.05, 0) is 24.8 Å². The molecule has 0 bridgehead atoms. The Morgan fingerprint density at radius 1 is 1.50 bits per heavy atom. The van der Waals surface area contributed by atoms with Crippen molar-refractivity contribution in [1.82, 2.24) is 9.88 Å². The van der Waals surface area contributed by atoms with Gasteiger partial charge >= 0.3 is 0 Å². The summed E-state index contributed by atoms with van der Waals surface area (Å²) in [6.45, 7) is 8.14. The van der Waals surface area contributed by atoms with Gasteiger partial charge in [-0.1, -0.05) is 13.8 Å². The van der Waals surface area contributed by atoms with E-state index in [1.165, 1.54) is 24.4 Å². The van der Waals surface area contributed by atoms with Crippen LogP contribution < -0.4 is 5.73 Å². The standard InChI is InChI=1S/C11H19N3S.ClH/c1-8-3-4-14(6-9(8)2)7-10-5-13-11(12)15-10;/h5,8-9H,3-4,6-7H2,1-2H3,(H2,12,13);1H.